The number of halogens is 2. The Balaban J connectivity index is 1.73. The molecule has 0 fully saturated rings. The monoisotopic (exact) mass is 408 g/mol. The number of hydrogen-bond donors (Lipinski definition) is 2. The van der Waals surface area contributed by atoms with Crippen molar-refractivity contribution in [2.24, 2.45) is 0 Å². The van der Waals surface area contributed by atoms with Crippen LogP contribution in [-0.4, -0.2) is 31.5 Å². The molecule has 0 heterocycles. The van der Waals surface area contributed by atoms with Gasteiger partial charge in [0.05, 0.1) is 19.2 Å². The first kappa shape index (κ1) is 21.2. The van der Waals surface area contributed by atoms with Gasteiger partial charge in [-0.1, -0.05) is 11.6 Å². The van der Waals surface area contributed by atoms with E-state index in [9.17, 15) is 18.8 Å². The van der Waals surface area contributed by atoms with E-state index in [1.807, 2.05) is 0 Å². The number of methoxy groups -OCH3 is 1. The molecule has 0 atom stereocenters. The van der Waals surface area contributed by atoms with Gasteiger partial charge in [-0.05, 0) is 42.5 Å². The van der Waals surface area contributed by atoms with Crippen LogP contribution in [-0.2, 0) is 19.1 Å². The molecule has 0 bridgehead atoms. The Morgan fingerprint density at radius 3 is 2.39 bits per heavy atom. The Morgan fingerprint density at radius 1 is 1.00 bits per heavy atom. The number of carbonyl (C=O) groups excluding carboxylic acids is 3. The van der Waals surface area contributed by atoms with E-state index in [1.165, 1.54) is 37.4 Å². The fourth-order valence-corrected chi connectivity index (χ4v) is 2.33. The molecule has 0 radical (unpaired) electrons. The molecule has 7 nitrogen and oxygen atoms in total. The van der Waals surface area contributed by atoms with Crippen LogP contribution in [0.4, 0.5) is 15.8 Å². The molecule has 0 saturated heterocycles. The van der Waals surface area contributed by atoms with Crippen molar-refractivity contribution in [3.05, 3.63) is 53.3 Å². The predicted molar refractivity (Wildman–Crippen MR) is 102 cm³/mol. The molecule has 0 aliphatic carbocycles. The summed E-state index contributed by atoms with van der Waals surface area (Å²) >= 11 is 5.87. The molecular weight excluding hydrogens is 391 g/mol. The van der Waals surface area contributed by atoms with Gasteiger partial charge in [0.2, 0.25) is 5.91 Å². The minimum Gasteiger partial charge on any atom is -0.495 e. The number of esters is 1. The maximum atomic E-state index is 12.8. The Labute approximate surface area is 165 Å². The first-order valence-corrected chi connectivity index (χ1v) is 8.59. The molecule has 0 saturated carbocycles. The van der Waals surface area contributed by atoms with E-state index < -0.39 is 30.2 Å². The maximum absolute atomic E-state index is 12.8. The summed E-state index contributed by atoms with van der Waals surface area (Å²) in [7, 11) is 1.44. The number of hydrogen-bond acceptors (Lipinski definition) is 5. The number of benzene rings is 2. The van der Waals surface area contributed by atoms with Gasteiger partial charge in [-0.15, -0.1) is 0 Å². The molecule has 2 amide bonds. The number of amides is 2. The highest BCUT2D eigenvalue weighted by molar-refractivity contribution is 6.31. The number of carbonyl (C=O) groups is 3. The second-order valence-corrected chi connectivity index (χ2v) is 6.04. The molecule has 0 aromatic heterocycles. The van der Waals surface area contributed by atoms with E-state index in [0.29, 0.717) is 22.1 Å². The third kappa shape index (κ3) is 6.88. The van der Waals surface area contributed by atoms with Crippen molar-refractivity contribution in [3.8, 4) is 5.75 Å². The lowest BCUT2D eigenvalue weighted by molar-refractivity contribution is -0.147. The van der Waals surface area contributed by atoms with Gasteiger partial charge in [-0.3, -0.25) is 14.4 Å². The molecule has 9 heteroatoms. The average molecular weight is 409 g/mol. The SMILES string of the molecule is COc1ccc(Cl)cc1NC(=O)COC(=O)CCC(=O)Nc1ccc(F)cc1. The summed E-state index contributed by atoms with van der Waals surface area (Å²) in [5.74, 6) is -1.74. The van der Waals surface area contributed by atoms with Gasteiger partial charge in [-0.25, -0.2) is 4.39 Å². The summed E-state index contributed by atoms with van der Waals surface area (Å²) in [6.07, 6.45) is -0.346. The zero-order valence-corrected chi connectivity index (χ0v) is 15.7. The summed E-state index contributed by atoms with van der Waals surface area (Å²) in [6.45, 7) is -0.520. The van der Waals surface area contributed by atoms with Crippen LogP contribution in [0.2, 0.25) is 5.02 Å². The van der Waals surface area contributed by atoms with E-state index in [-0.39, 0.29) is 12.8 Å². The third-order valence-corrected chi connectivity index (χ3v) is 3.72. The fourth-order valence-electron chi connectivity index (χ4n) is 2.15. The van der Waals surface area contributed by atoms with Crippen molar-refractivity contribution in [3.63, 3.8) is 0 Å². The lowest BCUT2D eigenvalue weighted by atomic mass is 10.2. The first-order valence-electron chi connectivity index (χ1n) is 8.22. The van der Waals surface area contributed by atoms with Crippen LogP contribution in [0.3, 0.4) is 0 Å². The Hall–Kier alpha value is -3.13. The van der Waals surface area contributed by atoms with Crippen LogP contribution in [0.5, 0.6) is 5.75 Å². The molecule has 2 rings (SSSR count). The molecule has 2 aromatic rings. The first-order chi connectivity index (χ1) is 13.4. The Bertz CT molecular complexity index is 858. The van der Waals surface area contributed by atoms with E-state index in [0.717, 1.165) is 0 Å². The Kier molecular flexibility index (Phi) is 7.76. The topological polar surface area (TPSA) is 93.7 Å². The standard InChI is InChI=1S/C19H18ClFN2O5/c1-27-16-7-2-12(20)10-15(16)23-18(25)11-28-19(26)9-8-17(24)22-14-5-3-13(21)4-6-14/h2-7,10H,8-9,11H2,1H3,(H,22,24)(H,23,25). The van der Waals surface area contributed by atoms with E-state index in [2.05, 4.69) is 10.6 Å². The molecule has 0 spiro atoms. The van der Waals surface area contributed by atoms with Gasteiger partial charge in [0.1, 0.15) is 11.6 Å². The lowest BCUT2D eigenvalue weighted by Gasteiger charge is -2.11. The highest BCUT2D eigenvalue weighted by atomic mass is 35.5. The van der Waals surface area contributed by atoms with Gasteiger partial charge in [0.25, 0.3) is 5.91 Å². The highest BCUT2D eigenvalue weighted by Crippen LogP contribution is 2.27. The van der Waals surface area contributed by atoms with Gasteiger partial charge < -0.3 is 20.1 Å². The number of nitrogens with one attached hydrogen (secondary N) is 2. The number of ether oxygens (including phenoxy) is 2. The predicted octanol–water partition coefficient (Wildman–Crippen LogP) is 3.39. The summed E-state index contributed by atoms with van der Waals surface area (Å²) in [5.41, 5.74) is 0.754. The van der Waals surface area contributed by atoms with Gasteiger partial charge in [0.15, 0.2) is 6.61 Å². The average Bonchev–Trinajstić information content (AvgIpc) is 2.67. The van der Waals surface area contributed by atoms with Crippen LogP contribution < -0.4 is 15.4 Å². The van der Waals surface area contributed by atoms with Crippen molar-refractivity contribution in [1.29, 1.82) is 0 Å². The largest absolute Gasteiger partial charge is 0.495 e. The Morgan fingerprint density at radius 2 is 1.71 bits per heavy atom. The van der Waals surface area contributed by atoms with Gasteiger partial charge >= 0.3 is 5.97 Å². The summed E-state index contributed by atoms with van der Waals surface area (Å²) in [4.78, 5) is 35.4. The third-order valence-electron chi connectivity index (χ3n) is 3.48. The normalized spacial score (nSPS) is 10.1. The highest BCUT2D eigenvalue weighted by Gasteiger charge is 2.13. The van der Waals surface area contributed by atoms with Crippen molar-refractivity contribution in [2.75, 3.05) is 24.4 Å². The molecular formula is C19H18ClFN2O5. The van der Waals surface area contributed by atoms with E-state index in [4.69, 9.17) is 21.1 Å². The van der Waals surface area contributed by atoms with Crippen LogP contribution >= 0.6 is 11.6 Å². The van der Waals surface area contributed by atoms with Crippen molar-refractivity contribution >= 4 is 40.8 Å². The molecule has 2 aromatic carbocycles. The second-order valence-electron chi connectivity index (χ2n) is 5.61. The van der Waals surface area contributed by atoms with Gasteiger partial charge in [-0.2, -0.15) is 0 Å². The minimum absolute atomic E-state index is 0.139. The summed E-state index contributed by atoms with van der Waals surface area (Å²) in [6, 6.07) is 9.91. The molecule has 0 aliphatic heterocycles. The minimum atomic E-state index is -0.706. The van der Waals surface area contributed by atoms with Crippen LogP contribution in [0, 0.1) is 5.82 Å². The summed E-state index contributed by atoms with van der Waals surface area (Å²) < 4.78 is 22.8. The number of anilines is 2. The molecule has 0 unspecified atom stereocenters. The van der Waals surface area contributed by atoms with Crippen molar-refractivity contribution in [2.45, 2.75) is 12.8 Å². The van der Waals surface area contributed by atoms with Crippen LogP contribution in [0.25, 0.3) is 0 Å². The number of rotatable bonds is 8. The molecule has 148 valence electrons. The zero-order valence-electron chi connectivity index (χ0n) is 15.0. The quantitative estimate of drug-likeness (QED) is 0.653. The fraction of sp³-hybridized carbons (Fsp3) is 0.211. The van der Waals surface area contributed by atoms with Crippen LogP contribution in [0.1, 0.15) is 12.8 Å². The van der Waals surface area contributed by atoms with Gasteiger partial charge in [0, 0.05) is 17.1 Å². The maximum Gasteiger partial charge on any atom is 0.306 e. The van der Waals surface area contributed by atoms with Crippen molar-refractivity contribution in [1.82, 2.24) is 0 Å². The lowest BCUT2D eigenvalue weighted by Crippen LogP contribution is -2.22. The van der Waals surface area contributed by atoms with Crippen LogP contribution in [0.15, 0.2) is 42.5 Å². The molecule has 2 N–H and O–H groups in total. The molecule has 28 heavy (non-hydrogen) atoms. The van der Waals surface area contributed by atoms with E-state index >= 15 is 0 Å². The van der Waals surface area contributed by atoms with E-state index in [1.54, 1.807) is 12.1 Å². The zero-order chi connectivity index (χ0) is 20.5. The van der Waals surface area contributed by atoms with Crippen molar-refractivity contribution < 1.29 is 28.2 Å². The smallest absolute Gasteiger partial charge is 0.306 e. The second kappa shape index (κ2) is 10.3. The molecule has 0 aliphatic rings. The summed E-state index contributed by atoms with van der Waals surface area (Å²) in [5, 5.41) is 5.45.